The summed E-state index contributed by atoms with van der Waals surface area (Å²) >= 11 is 0. The maximum Gasteiger partial charge on any atom is 0.133 e. The number of ether oxygens (including phenoxy) is 1. The lowest BCUT2D eigenvalue weighted by Gasteiger charge is -2.18. The first-order valence-corrected chi connectivity index (χ1v) is 8.75. The van der Waals surface area contributed by atoms with Crippen LogP contribution >= 0.6 is 0 Å². The quantitative estimate of drug-likeness (QED) is 0.885. The first kappa shape index (κ1) is 15.4. The zero-order valence-electron chi connectivity index (χ0n) is 14.1. The lowest BCUT2D eigenvalue weighted by molar-refractivity contribution is 0.318. The van der Waals surface area contributed by atoms with Crippen molar-refractivity contribution in [2.75, 3.05) is 25.5 Å². The smallest absolute Gasteiger partial charge is 0.133 e. The summed E-state index contributed by atoms with van der Waals surface area (Å²) in [6, 6.07) is 10.7. The molecule has 4 rings (SSSR count). The van der Waals surface area contributed by atoms with Crippen molar-refractivity contribution >= 4 is 5.82 Å². The number of likely N-dealkylation sites (tertiary alicyclic amines) is 1. The number of nitrogens with one attached hydrogen (secondary N) is 1. The normalized spacial score (nSPS) is 21.0. The lowest BCUT2D eigenvalue weighted by atomic mass is 10.2. The van der Waals surface area contributed by atoms with Crippen LogP contribution in [0.1, 0.15) is 36.6 Å². The Kier molecular flexibility index (Phi) is 4.34. The molecule has 1 aliphatic heterocycles. The van der Waals surface area contributed by atoms with Gasteiger partial charge in [0.1, 0.15) is 17.4 Å². The van der Waals surface area contributed by atoms with Crippen LogP contribution in [0.25, 0.3) is 0 Å². The molecule has 0 amide bonds. The van der Waals surface area contributed by atoms with Crippen LogP contribution < -0.4 is 10.1 Å². The van der Waals surface area contributed by atoms with E-state index in [-0.39, 0.29) is 0 Å². The highest BCUT2D eigenvalue weighted by Gasteiger charge is 2.27. The second-order valence-corrected chi connectivity index (χ2v) is 6.75. The van der Waals surface area contributed by atoms with E-state index in [9.17, 15) is 0 Å². The first-order valence-electron chi connectivity index (χ1n) is 8.75. The number of hydrogen-bond donors (Lipinski definition) is 1. The standard InChI is InChI=1S/C19H24N4O/c1-24-17-5-3-2-4-15(17)12-23-11-9-16(13-23)21-18-8-10-20-19(22-18)14-6-7-14/h2-5,8,10,14,16H,6-7,9,11-13H2,1H3,(H,20,21,22). The minimum absolute atomic E-state index is 0.446. The van der Waals surface area contributed by atoms with E-state index in [1.165, 1.54) is 18.4 Å². The van der Waals surface area contributed by atoms with Gasteiger partial charge in [0, 0.05) is 43.4 Å². The van der Waals surface area contributed by atoms with Crippen molar-refractivity contribution in [1.29, 1.82) is 0 Å². The third-order valence-electron chi connectivity index (χ3n) is 4.83. The molecule has 2 aromatic rings. The summed E-state index contributed by atoms with van der Waals surface area (Å²) < 4.78 is 5.46. The zero-order valence-corrected chi connectivity index (χ0v) is 14.1. The molecule has 0 bridgehead atoms. The summed E-state index contributed by atoms with van der Waals surface area (Å²) in [6.07, 6.45) is 5.49. The van der Waals surface area contributed by atoms with Crippen LogP contribution in [0.4, 0.5) is 5.82 Å². The van der Waals surface area contributed by atoms with Crippen LogP contribution in [-0.2, 0) is 6.54 Å². The largest absolute Gasteiger partial charge is 0.496 e. The Balaban J connectivity index is 1.35. The Hall–Kier alpha value is -2.14. The number of benzene rings is 1. The van der Waals surface area contributed by atoms with Gasteiger partial charge in [-0.1, -0.05) is 18.2 Å². The molecular formula is C19H24N4O. The second kappa shape index (κ2) is 6.77. The monoisotopic (exact) mass is 324 g/mol. The average molecular weight is 324 g/mol. The highest BCUT2D eigenvalue weighted by Crippen LogP contribution is 2.38. The molecule has 5 nitrogen and oxygen atoms in total. The minimum Gasteiger partial charge on any atom is -0.496 e. The predicted octanol–water partition coefficient (Wildman–Crippen LogP) is 3.05. The second-order valence-electron chi connectivity index (χ2n) is 6.75. The van der Waals surface area contributed by atoms with Crippen LogP contribution in [0.15, 0.2) is 36.5 Å². The molecule has 0 spiro atoms. The minimum atomic E-state index is 0.446. The van der Waals surface area contributed by atoms with E-state index in [1.807, 2.05) is 24.4 Å². The molecule has 1 aliphatic carbocycles. The molecule has 5 heteroatoms. The lowest BCUT2D eigenvalue weighted by Crippen LogP contribution is -2.26. The van der Waals surface area contributed by atoms with Gasteiger partial charge in [-0.2, -0.15) is 0 Å². The van der Waals surface area contributed by atoms with Gasteiger partial charge >= 0.3 is 0 Å². The van der Waals surface area contributed by atoms with Gasteiger partial charge in [0.05, 0.1) is 7.11 Å². The van der Waals surface area contributed by atoms with Gasteiger partial charge in [-0.25, -0.2) is 9.97 Å². The molecule has 1 N–H and O–H groups in total. The van der Waals surface area contributed by atoms with Crippen LogP contribution in [0.3, 0.4) is 0 Å². The van der Waals surface area contributed by atoms with Gasteiger partial charge in [-0.15, -0.1) is 0 Å². The molecule has 2 aliphatic rings. The van der Waals surface area contributed by atoms with E-state index < -0.39 is 0 Å². The Morgan fingerprint density at radius 1 is 1.21 bits per heavy atom. The SMILES string of the molecule is COc1ccccc1CN1CCC(Nc2ccnc(C3CC3)n2)C1. The third-order valence-corrected chi connectivity index (χ3v) is 4.83. The maximum absolute atomic E-state index is 5.46. The summed E-state index contributed by atoms with van der Waals surface area (Å²) in [5.74, 6) is 3.54. The fourth-order valence-electron chi connectivity index (χ4n) is 3.37. The Morgan fingerprint density at radius 3 is 2.92 bits per heavy atom. The van der Waals surface area contributed by atoms with Crippen molar-refractivity contribution in [1.82, 2.24) is 14.9 Å². The summed E-state index contributed by atoms with van der Waals surface area (Å²) in [7, 11) is 1.74. The molecule has 1 atom stereocenters. The van der Waals surface area contributed by atoms with Crippen molar-refractivity contribution in [3.8, 4) is 5.75 Å². The van der Waals surface area contributed by atoms with E-state index in [4.69, 9.17) is 4.74 Å². The highest BCUT2D eigenvalue weighted by atomic mass is 16.5. The van der Waals surface area contributed by atoms with E-state index in [1.54, 1.807) is 7.11 Å². The van der Waals surface area contributed by atoms with E-state index >= 15 is 0 Å². The fraction of sp³-hybridized carbons (Fsp3) is 0.474. The average Bonchev–Trinajstić information content (AvgIpc) is 3.38. The zero-order chi connectivity index (χ0) is 16.4. The Morgan fingerprint density at radius 2 is 2.08 bits per heavy atom. The molecule has 1 unspecified atom stereocenters. The van der Waals surface area contributed by atoms with E-state index in [2.05, 4.69) is 32.3 Å². The van der Waals surface area contributed by atoms with Gasteiger partial charge < -0.3 is 10.1 Å². The molecule has 1 aromatic heterocycles. The molecule has 2 fully saturated rings. The van der Waals surface area contributed by atoms with Crippen molar-refractivity contribution < 1.29 is 4.74 Å². The molecule has 24 heavy (non-hydrogen) atoms. The summed E-state index contributed by atoms with van der Waals surface area (Å²) in [5, 5.41) is 3.58. The number of anilines is 1. The van der Waals surface area contributed by atoms with E-state index in [0.29, 0.717) is 12.0 Å². The summed E-state index contributed by atoms with van der Waals surface area (Å²) in [4.78, 5) is 11.5. The number of methoxy groups -OCH3 is 1. The van der Waals surface area contributed by atoms with Crippen molar-refractivity contribution in [2.24, 2.45) is 0 Å². The van der Waals surface area contributed by atoms with Gasteiger partial charge in [-0.3, -0.25) is 4.90 Å². The molecule has 126 valence electrons. The molecule has 2 heterocycles. The van der Waals surface area contributed by atoms with Crippen LogP contribution in [-0.4, -0.2) is 41.1 Å². The van der Waals surface area contributed by atoms with Gasteiger partial charge in [0.2, 0.25) is 0 Å². The maximum atomic E-state index is 5.46. The summed E-state index contributed by atoms with van der Waals surface area (Å²) in [6.45, 7) is 3.05. The molecular weight excluding hydrogens is 300 g/mol. The predicted molar refractivity (Wildman–Crippen MR) is 94.3 cm³/mol. The van der Waals surface area contributed by atoms with Gasteiger partial charge in [0.25, 0.3) is 0 Å². The number of para-hydroxylation sites is 1. The fourth-order valence-corrected chi connectivity index (χ4v) is 3.37. The molecule has 1 saturated heterocycles. The topological polar surface area (TPSA) is 50.3 Å². The number of rotatable bonds is 6. The van der Waals surface area contributed by atoms with Crippen molar-refractivity contribution in [3.63, 3.8) is 0 Å². The van der Waals surface area contributed by atoms with E-state index in [0.717, 1.165) is 43.4 Å². The third kappa shape index (κ3) is 3.51. The van der Waals surface area contributed by atoms with Crippen molar-refractivity contribution in [3.05, 3.63) is 47.9 Å². The van der Waals surface area contributed by atoms with Gasteiger partial charge in [-0.05, 0) is 31.4 Å². The first-order chi connectivity index (χ1) is 11.8. The number of hydrogen-bond acceptors (Lipinski definition) is 5. The van der Waals surface area contributed by atoms with Crippen LogP contribution in [0, 0.1) is 0 Å². The Labute approximate surface area is 143 Å². The molecule has 1 aromatic carbocycles. The van der Waals surface area contributed by atoms with Crippen LogP contribution in [0.5, 0.6) is 5.75 Å². The summed E-state index contributed by atoms with van der Waals surface area (Å²) in [5.41, 5.74) is 1.25. The molecule has 0 radical (unpaired) electrons. The highest BCUT2D eigenvalue weighted by molar-refractivity contribution is 5.36. The Bertz CT molecular complexity index is 701. The molecule has 1 saturated carbocycles. The van der Waals surface area contributed by atoms with Gasteiger partial charge in [0.15, 0.2) is 0 Å². The van der Waals surface area contributed by atoms with Crippen molar-refractivity contribution in [2.45, 2.75) is 37.8 Å². The number of aromatic nitrogens is 2. The van der Waals surface area contributed by atoms with Crippen LogP contribution in [0.2, 0.25) is 0 Å². The number of nitrogens with zero attached hydrogens (tertiary/aromatic N) is 3.